The summed E-state index contributed by atoms with van der Waals surface area (Å²) in [6, 6.07) is 11.7. The molecule has 150 valence electrons. The third-order valence-electron chi connectivity index (χ3n) is 5.23. The Morgan fingerprint density at radius 3 is 2.79 bits per heavy atom. The van der Waals surface area contributed by atoms with Gasteiger partial charge in [-0.25, -0.2) is 4.39 Å². The number of pyridine rings is 1. The number of carbonyl (C=O) groups excluding carboxylic acids is 1. The highest BCUT2D eigenvalue weighted by molar-refractivity contribution is 5.80. The quantitative estimate of drug-likeness (QED) is 0.696. The second kappa shape index (κ2) is 8.05. The van der Waals surface area contributed by atoms with E-state index >= 15 is 0 Å². The van der Waals surface area contributed by atoms with E-state index < -0.39 is 5.82 Å². The number of aromatic nitrogens is 1. The number of hydrogen-bond acceptors (Lipinski definition) is 4. The molecule has 4 rings (SSSR count). The molecular weight excluding hydrogens is 373 g/mol. The lowest BCUT2D eigenvalue weighted by Crippen LogP contribution is -2.41. The van der Waals surface area contributed by atoms with Crippen LogP contribution in [-0.2, 0) is 24.3 Å². The zero-order chi connectivity index (χ0) is 20.4. The van der Waals surface area contributed by atoms with Crippen LogP contribution < -0.4 is 15.5 Å². The van der Waals surface area contributed by atoms with Crippen molar-refractivity contribution in [3.8, 4) is 5.75 Å². The van der Waals surface area contributed by atoms with E-state index in [2.05, 4.69) is 10.3 Å². The van der Waals surface area contributed by atoms with Crippen LogP contribution in [0.15, 0.2) is 47.3 Å². The van der Waals surface area contributed by atoms with Crippen molar-refractivity contribution >= 4 is 16.8 Å². The van der Waals surface area contributed by atoms with Gasteiger partial charge in [0.15, 0.2) is 5.43 Å². The van der Waals surface area contributed by atoms with Gasteiger partial charge in [-0.05, 0) is 35.9 Å². The number of nitrogens with zero attached hydrogens (tertiary/aromatic N) is 1. The molecule has 0 saturated heterocycles. The molecule has 0 spiro atoms. The fraction of sp³-hybridized carbons (Fsp3) is 0.273. The van der Waals surface area contributed by atoms with Gasteiger partial charge in [0.1, 0.15) is 11.6 Å². The smallest absolute Gasteiger partial charge is 0.234 e. The Morgan fingerprint density at radius 1 is 1.24 bits per heavy atom. The number of amides is 1. The Morgan fingerprint density at radius 2 is 2.03 bits per heavy atom. The van der Waals surface area contributed by atoms with Crippen molar-refractivity contribution in [2.45, 2.75) is 19.5 Å². The number of fused-ring (bicyclic) bond motifs is 2. The summed E-state index contributed by atoms with van der Waals surface area (Å²) in [5.74, 6) is 0.228. The number of ether oxygens (including phenoxy) is 1. The Balaban J connectivity index is 1.41. The molecule has 0 radical (unpaired) electrons. The van der Waals surface area contributed by atoms with Gasteiger partial charge < -0.3 is 15.0 Å². The summed E-state index contributed by atoms with van der Waals surface area (Å²) in [5.41, 5.74) is 2.92. The van der Waals surface area contributed by atoms with Gasteiger partial charge in [-0.3, -0.25) is 14.5 Å². The van der Waals surface area contributed by atoms with E-state index in [9.17, 15) is 14.0 Å². The molecule has 6 nitrogen and oxygen atoms in total. The first-order chi connectivity index (χ1) is 14.0. The van der Waals surface area contributed by atoms with Gasteiger partial charge in [-0.2, -0.15) is 0 Å². The lowest BCUT2D eigenvalue weighted by Gasteiger charge is -2.27. The highest BCUT2D eigenvalue weighted by Crippen LogP contribution is 2.19. The van der Waals surface area contributed by atoms with E-state index in [1.807, 2.05) is 29.2 Å². The van der Waals surface area contributed by atoms with Crippen LogP contribution in [0.2, 0.25) is 0 Å². The van der Waals surface area contributed by atoms with Crippen LogP contribution in [0.5, 0.6) is 5.75 Å². The molecule has 0 bridgehead atoms. The third-order valence-corrected chi connectivity index (χ3v) is 5.23. The standard InChI is InChI=1S/C22H22FN3O3/c1-29-16-5-2-14(3-6-16)11-24-21(27)13-26-9-8-20-18(12-26)22(28)17-10-15(23)4-7-19(17)25-20/h2-7,10H,8-9,11-13H2,1H3,(H,24,27)(H,25,28). The molecule has 0 unspecified atom stereocenters. The van der Waals surface area contributed by atoms with Crippen molar-refractivity contribution in [3.63, 3.8) is 0 Å². The number of halogens is 1. The molecule has 1 aliphatic rings. The van der Waals surface area contributed by atoms with Gasteiger partial charge in [-0.1, -0.05) is 12.1 Å². The second-order valence-electron chi connectivity index (χ2n) is 7.19. The molecule has 0 saturated carbocycles. The predicted octanol–water partition coefficient (Wildman–Crippen LogP) is 2.35. The summed E-state index contributed by atoms with van der Waals surface area (Å²) in [4.78, 5) is 30.3. The summed E-state index contributed by atoms with van der Waals surface area (Å²) >= 11 is 0. The molecule has 7 heteroatoms. The van der Waals surface area contributed by atoms with Crippen molar-refractivity contribution in [1.82, 2.24) is 15.2 Å². The second-order valence-corrected chi connectivity index (χ2v) is 7.19. The normalized spacial score (nSPS) is 13.9. The molecule has 0 fully saturated rings. The number of nitrogens with one attached hydrogen (secondary N) is 2. The molecule has 2 heterocycles. The number of carbonyl (C=O) groups is 1. The van der Waals surface area contributed by atoms with Gasteiger partial charge in [0, 0.05) is 48.2 Å². The Bertz CT molecular complexity index is 1110. The average Bonchev–Trinajstić information content (AvgIpc) is 2.74. The highest BCUT2D eigenvalue weighted by Gasteiger charge is 2.22. The van der Waals surface area contributed by atoms with E-state index in [-0.39, 0.29) is 17.9 Å². The summed E-state index contributed by atoms with van der Waals surface area (Å²) in [7, 11) is 1.61. The number of aromatic amines is 1. The summed E-state index contributed by atoms with van der Waals surface area (Å²) in [6.07, 6.45) is 0.643. The van der Waals surface area contributed by atoms with Crippen LogP contribution in [0.25, 0.3) is 10.9 Å². The molecule has 0 atom stereocenters. The monoisotopic (exact) mass is 395 g/mol. The Labute approximate surface area is 167 Å². The van der Waals surface area contributed by atoms with Crippen LogP contribution in [-0.4, -0.2) is 36.0 Å². The van der Waals surface area contributed by atoms with Crippen LogP contribution in [0, 0.1) is 5.82 Å². The first-order valence-electron chi connectivity index (χ1n) is 9.49. The van der Waals surface area contributed by atoms with Crippen LogP contribution in [0.3, 0.4) is 0 Å². The SMILES string of the molecule is COc1ccc(CNC(=O)CN2CCc3[nH]c4ccc(F)cc4c(=O)c3C2)cc1. The van der Waals surface area contributed by atoms with Crippen LogP contribution in [0.1, 0.15) is 16.8 Å². The van der Waals surface area contributed by atoms with Gasteiger partial charge in [-0.15, -0.1) is 0 Å². The molecule has 1 amide bonds. The first kappa shape index (κ1) is 19.1. The van der Waals surface area contributed by atoms with Gasteiger partial charge in [0.25, 0.3) is 0 Å². The molecule has 1 aliphatic heterocycles. The fourth-order valence-corrected chi connectivity index (χ4v) is 3.64. The van der Waals surface area contributed by atoms with Gasteiger partial charge >= 0.3 is 0 Å². The molecule has 1 aromatic heterocycles. The Kier molecular flexibility index (Phi) is 5.31. The van der Waals surface area contributed by atoms with E-state index in [1.54, 1.807) is 13.2 Å². The zero-order valence-corrected chi connectivity index (χ0v) is 16.1. The largest absolute Gasteiger partial charge is 0.497 e. The maximum absolute atomic E-state index is 13.5. The van der Waals surface area contributed by atoms with Crippen molar-refractivity contribution in [3.05, 3.63) is 75.3 Å². The molecule has 0 aliphatic carbocycles. The molecular formula is C22H22FN3O3. The van der Waals surface area contributed by atoms with Crippen molar-refractivity contribution < 1.29 is 13.9 Å². The number of H-pyrrole nitrogens is 1. The number of hydrogen-bond donors (Lipinski definition) is 2. The molecule has 29 heavy (non-hydrogen) atoms. The van der Waals surface area contributed by atoms with Crippen molar-refractivity contribution in [1.29, 1.82) is 0 Å². The summed E-state index contributed by atoms with van der Waals surface area (Å²) in [5, 5.41) is 3.24. The highest BCUT2D eigenvalue weighted by atomic mass is 19.1. The van der Waals surface area contributed by atoms with E-state index in [1.165, 1.54) is 12.1 Å². The predicted molar refractivity (Wildman–Crippen MR) is 108 cm³/mol. The zero-order valence-electron chi connectivity index (χ0n) is 16.1. The average molecular weight is 395 g/mol. The third kappa shape index (κ3) is 4.14. The Hall–Kier alpha value is -3.19. The minimum absolute atomic E-state index is 0.104. The molecule has 2 N–H and O–H groups in total. The summed E-state index contributed by atoms with van der Waals surface area (Å²) in [6.45, 7) is 1.67. The maximum atomic E-state index is 13.5. The van der Waals surface area contributed by atoms with Crippen molar-refractivity contribution in [2.75, 3.05) is 20.2 Å². The van der Waals surface area contributed by atoms with E-state index in [4.69, 9.17) is 4.74 Å². The lowest BCUT2D eigenvalue weighted by molar-refractivity contribution is -0.122. The topological polar surface area (TPSA) is 74.4 Å². The first-order valence-corrected chi connectivity index (χ1v) is 9.49. The molecule has 2 aromatic carbocycles. The fourth-order valence-electron chi connectivity index (χ4n) is 3.64. The molecule has 3 aromatic rings. The van der Waals surface area contributed by atoms with E-state index in [0.29, 0.717) is 42.5 Å². The number of benzene rings is 2. The van der Waals surface area contributed by atoms with Crippen molar-refractivity contribution in [2.24, 2.45) is 0 Å². The minimum atomic E-state index is -0.437. The van der Waals surface area contributed by atoms with Crippen LogP contribution in [0.4, 0.5) is 4.39 Å². The number of rotatable bonds is 5. The van der Waals surface area contributed by atoms with Gasteiger partial charge in [0.2, 0.25) is 5.91 Å². The lowest BCUT2D eigenvalue weighted by atomic mass is 10.0. The van der Waals surface area contributed by atoms with E-state index in [0.717, 1.165) is 17.0 Å². The maximum Gasteiger partial charge on any atom is 0.234 e. The number of methoxy groups -OCH3 is 1. The van der Waals surface area contributed by atoms with Gasteiger partial charge in [0.05, 0.1) is 13.7 Å². The van der Waals surface area contributed by atoms with Crippen LogP contribution >= 0.6 is 0 Å². The summed E-state index contributed by atoms with van der Waals surface area (Å²) < 4.78 is 18.7. The minimum Gasteiger partial charge on any atom is -0.497 e.